The van der Waals surface area contributed by atoms with E-state index in [1.54, 1.807) is 25.5 Å². The van der Waals surface area contributed by atoms with Crippen LogP contribution in [0.15, 0.2) is 58.1 Å². The number of hydrogen-bond acceptors (Lipinski definition) is 5. The highest BCUT2D eigenvalue weighted by Crippen LogP contribution is 2.12. The third-order valence-corrected chi connectivity index (χ3v) is 3.54. The Bertz CT molecular complexity index is 839. The van der Waals surface area contributed by atoms with Gasteiger partial charge < -0.3 is 9.32 Å². The van der Waals surface area contributed by atoms with Gasteiger partial charge in [-0.2, -0.15) is 5.10 Å². The van der Waals surface area contributed by atoms with Crippen molar-refractivity contribution in [2.24, 2.45) is 0 Å². The van der Waals surface area contributed by atoms with Crippen molar-refractivity contribution in [2.75, 3.05) is 11.9 Å². The van der Waals surface area contributed by atoms with E-state index in [4.69, 9.17) is 4.42 Å². The lowest BCUT2D eigenvalue weighted by atomic mass is 10.2. The van der Waals surface area contributed by atoms with E-state index in [2.05, 4.69) is 22.2 Å². The Balaban J connectivity index is 1.74. The Labute approximate surface area is 134 Å². The Kier molecular flexibility index (Phi) is 4.23. The van der Waals surface area contributed by atoms with E-state index in [9.17, 15) is 4.79 Å². The largest absolute Gasteiger partial charge is 0.449 e. The highest BCUT2D eigenvalue weighted by atomic mass is 16.3. The second-order valence-corrected chi connectivity index (χ2v) is 5.41. The SMILES string of the molecule is Cc1nc(Cn2ncc(N(C)Cc3ccccc3)cc2=O)co1. The van der Waals surface area contributed by atoms with E-state index in [-0.39, 0.29) is 5.56 Å². The lowest BCUT2D eigenvalue weighted by molar-refractivity contribution is 0.519. The van der Waals surface area contributed by atoms with Gasteiger partial charge >= 0.3 is 0 Å². The van der Waals surface area contributed by atoms with Gasteiger partial charge in [-0.1, -0.05) is 30.3 Å². The number of rotatable bonds is 5. The molecule has 3 aromatic rings. The van der Waals surface area contributed by atoms with Crippen molar-refractivity contribution in [1.29, 1.82) is 0 Å². The van der Waals surface area contributed by atoms with Gasteiger partial charge in [-0.3, -0.25) is 4.79 Å². The summed E-state index contributed by atoms with van der Waals surface area (Å²) in [6.45, 7) is 2.79. The van der Waals surface area contributed by atoms with Gasteiger partial charge in [-0.05, 0) is 5.56 Å². The van der Waals surface area contributed by atoms with Crippen LogP contribution in [0, 0.1) is 6.92 Å². The fourth-order valence-electron chi connectivity index (χ4n) is 2.33. The molecule has 118 valence electrons. The van der Waals surface area contributed by atoms with Crippen LogP contribution in [0.2, 0.25) is 0 Å². The zero-order valence-corrected chi connectivity index (χ0v) is 13.1. The predicted molar refractivity (Wildman–Crippen MR) is 87.4 cm³/mol. The van der Waals surface area contributed by atoms with E-state index >= 15 is 0 Å². The Morgan fingerprint density at radius 3 is 2.70 bits per heavy atom. The average molecular weight is 310 g/mol. The first-order chi connectivity index (χ1) is 11.1. The average Bonchev–Trinajstić information content (AvgIpc) is 2.95. The molecule has 0 saturated heterocycles. The molecule has 0 aliphatic carbocycles. The first-order valence-electron chi connectivity index (χ1n) is 7.35. The second-order valence-electron chi connectivity index (χ2n) is 5.41. The van der Waals surface area contributed by atoms with Crippen LogP contribution in [0.3, 0.4) is 0 Å². The molecule has 2 aromatic heterocycles. The molecule has 6 nitrogen and oxygen atoms in total. The number of nitrogens with zero attached hydrogens (tertiary/aromatic N) is 4. The summed E-state index contributed by atoms with van der Waals surface area (Å²) < 4.78 is 6.51. The van der Waals surface area contributed by atoms with Gasteiger partial charge in [0.15, 0.2) is 5.89 Å². The molecule has 0 radical (unpaired) electrons. The third kappa shape index (κ3) is 3.66. The van der Waals surface area contributed by atoms with Crippen LogP contribution < -0.4 is 10.5 Å². The Hall–Kier alpha value is -2.89. The molecule has 0 bridgehead atoms. The number of oxazole rings is 1. The minimum absolute atomic E-state index is 0.164. The van der Waals surface area contributed by atoms with Gasteiger partial charge in [0.1, 0.15) is 12.0 Å². The molecule has 0 unspecified atom stereocenters. The molecule has 0 N–H and O–H groups in total. The van der Waals surface area contributed by atoms with Crippen LogP contribution in [-0.2, 0) is 13.1 Å². The van der Waals surface area contributed by atoms with E-state index in [0.717, 1.165) is 5.69 Å². The molecule has 0 saturated carbocycles. The first-order valence-corrected chi connectivity index (χ1v) is 7.35. The molecule has 0 amide bonds. The van der Waals surface area contributed by atoms with Gasteiger partial charge in [0.2, 0.25) is 0 Å². The van der Waals surface area contributed by atoms with Crippen molar-refractivity contribution < 1.29 is 4.42 Å². The van der Waals surface area contributed by atoms with Crippen molar-refractivity contribution in [3.63, 3.8) is 0 Å². The topological polar surface area (TPSA) is 64.2 Å². The summed E-state index contributed by atoms with van der Waals surface area (Å²) in [7, 11) is 1.94. The van der Waals surface area contributed by atoms with Crippen molar-refractivity contribution in [3.05, 3.63) is 76.4 Å². The highest BCUT2D eigenvalue weighted by Gasteiger charge is 2.08. The van der Waals surface area contributed by atoms with Gasteiger partial charge in [0.05, 0.1) is 18.4 Å². The smallest absolute Gasteiger partial charge is 0.269 e. The van der Waals surface area contributed by atoms with Crippen molar-refractivity contribution in [2.45, 2.75) is 20.0 Å². The molecule has 0 aliphatic heterocycles. The Morgan fingerprint density at radius 1 is 1.26 bits per heavy atom. The summed E-state index contributed by atoms with van der Waals surface area (Å²) in [6.07, 6.45) is 3.23. The lowest BCUT2D eigenvalue weighted by Crippen LogP contribution is -2.26. The molecule has 1 aromatic carbocycles. The minimum atomic E-state index is -0.164. The standard InChI is InChI=1S/C17H18N4O2/c1-13-19-15(12-23-13)11-21-17(22)8-16(9-18-21)20(2)10-14-6-4-3-5-7-14/h3-9,12H,10-11H2,1-2H3. The molecule has 0 aliphatic rings. The summed E-state index contributed by atoms with van der Waals surface area (Å²) in [5.74, 6) is 0.576. The van der Waals surface area contributed by atoms with Crippen molar-refractivity contribution in [3.8, 4) is 0 Å². The molecule has 0 atom stereocenters. The molecular formula is C17H18N4O2. The number of anilines is 1. The molecule has 0 fully saturated rings. The van der Waals surface area contributed by atoms with E-state index < -0.39 is 0 Å². The molecule has 6 heteroatoms. The fourth-order valence-corrected chi connectivity index (χ4v) is 2.33. The van der Waals surface area contributed by atoms with Crippen LogP contribution in [0.1, 0.15) is 17.1 Å². The summed E-state index contributed by atoms with van der Waals surface area (Å²) in [5, 5.41) is 4.23. The summed E-state index contributed by atoms with van der Waals surface area (Å²) in [4.78, 5) is 18.4. The number of aryl methyl sites for hydroxylation is 1. The summed E-state index contributed by atoms with van der Waals surface area (Å²) in [5.41, 5.74) is 2.48. The van der Waals surface area contributed by atoms with E-state index in [1.165, 1.54) is 10.2 Å². The van der Waals surface area contributed by atoms with Crippen LogP contribution in [0.25, 0.3) is 0 Å². The van der Waals surface area contributed by atoms with Crippen LogP contribution in [-0.4, -0.2) is 21.8 Å². The lowest BCUT2D eigenvalue weighted by Gasteiger charge is -2.19. The van der Waals surface area contributed by atoms with Gasteiger partial charge in [-0.25, -0.2) is 9.67 Å². The van der Waals surface area contributed by atoms with Gasteiger partial charge in [0, 0.05) is 26.6 Å². The van der Waals surface area contributed by atoms with Crippen LogP contribution >= 0.6 is 0 Å². The zero-order valence-electron chi connectivity index (χ0n) is 13.1. The maximum atomic E-state index is 12.2. The summed E-state index contributed by atoms with van der Waals surface area (Å²) in [6, 6.07) is 11.7. The number of aromatic nitrogens is 3. The third-order valence-electron chi connectivity index (χ3n) is 3.54. The monoisotopic (exact) mass is 310 g/mol. The maximum absolute atomic E-state index is 12.2. The Morgan fingerprint density at radius 2 is 2.04 bits per heavy atom. The predicted octanol–water partition coefficient (Wildman–Crippen LogP) is 2.22. The molecule has 3 rings (SSSR count). The first kappa shape index (κ1) is 15.0. The molecule has 23 heavy (non-hydrogen) atoms. The van der Waals surface area contributed by atoms with E-state index in [0.29, 0.717) is 24.7 Å². The fraction of sp³-hybridized carbons (Fsp3) is 0.235. The summed E-state index contributed by atoms with van der Waals surface area (Å²) >= 11 is 0. The normalized spacial score (nSPS) is 10.7. The van der Waals surface area contributed by atoms with Crippen molar-refractivity contribution in [1.82, 2.24) is 14.8 Å². The van der Waals surface area contributed by atoms with Gasteiger partial charge in [0.25, 0.3) is 5.56 Å². The molecule has 2 heterocycles. The van der Waals surface area contributed by atoms with Crippen LogP contribution in [0.4, 0.5) is 5.69 Å². The van der Waals surface area contributed by atoms with Crippen molar-refractivity contribution >= 4 is 5.69 Å². The molecule has 0 spiro atoms. The number of hydrogen-bond donors (Lipinski definition) is 0. The van der Waals surface area contributed by atoms with Gasteiger partial charge in [-0.15, -0.1) is 0 Å². The minimum Gasteiger partial charge on any atom is -0.449 e. The second kappa shape index (κ2) is 6.48. The molecular weight excluding hydrogens is 292 g/mol. The van der Waals surface area contributed by atoms with Crippen LogP contribution in [0.5, 0.6) is 0 Å². The van der Waals surface area contributed by atoms with E-state index in [1.807, 2.05) is 30.1 Å². The number of benzene rings is 1. The maximum Gasteiger partial charge on any atom is 0.269 e. The highest BCUT2D eigenvalue weighted by molar-refractivity contribution is 5.42. The zero-order chi connectivity index (χ0) is 16.2. The quantitative estimate of drug-likeness (QED) is 0.723.